The summed E-state index contributed by atoms with van der Waals surface area (Å²) in [5.41, 5.74) is 0.107. The van der Waals surface area contributed by atoms with Crippen LogP contribution in [-0.2, 0) is 14.8 Å². The zero-order valence-corrected chi connectivity index (χ0v) is 14.6. The van der Waals surface area contributed by atoms with Crippen molar-refractivity contribution >= 4 is 15.9 Å². The Balaban J connectivity index is 1.71. The number of nitrogens with zero attached hydrogens (tertiary/aromatic N) is 1. The summed E-state index contributed by atoms with van der Waals surface area (Å²) >= 11 is 0. The van der Waals surface area contributed by atoms with Gasteiger partial charge in [-0.05, 0) is 25.3 Å². The molecule has 0 bridgehead atoms. The Morgan fingerprint density at radius 1 is 1.31 bits per heavy atom. The average Bonchev–Trinajstić information content (AvgIpc) is 2.56. The molecule has 144 valence electrons. The Kier molecular flexibility index (Phi) is 5.27. The van der Waals surface area contributed by atoms with E-state index in [1.807, 2.05) is 0 Å². The third-order valence-electron chi connectivity index (χ3n) is 4.66. The standard InChI is InChI=1S/C16H19F3N2O4S/c17-13-5-10(6-14(18)15(13)19)20-16(23)9-2-1-3-12(4-9)26(24,25)21-7-11(22)8-21/h4-5,11-12,14,22H,1-3,6-8H2,(H,20,23). The van der Waals surface area contributed by atoms with Crippen LogP contribution < -0.4 is 5.32 Å². The second-order valence-electron chi connectivity index (χ2n) is 6.63. The van der Waals surface area contributed by atoms with Crippen molar-refractivity contribution in [3.63, 3.8) is 0 Å². The number of carbonyl (C=O) groups excluding carboxylic acids is 1. The predicted octanol–water partition coefficient (Wildman–Crippen LogP) is 1.36. The van der Waals surface area contributed by atoms with Gasteiger partial charge in [-0.3, -0.25) is 4.79 Å². The predicted molar refractivity (Wildman–Crippen MR) is 87.2 cm³/mol. The molecule has 0 aromatic carbocycles. The van der Waals surface area contributed by atoms with Crippen molar-refractivity contribution in [1.29, 1.82) is 0 Å². The van der Waals surface area contributed by atoms with Gasteiger partial charge in [0.15, 0.2) is 17.8 Å². The monoisotopic (exact) mass is 392 g/mol. The van der Waals surface area contributed by atoms with Crippen LogP contribution in [0.3, 0.4) is 0 Å². The first-order chi connectivity index (χ1) is 12.2. The number of amides is 1. The number of β-amino-alcohol motifs (C(OH)–C–C–N with tert-alkyl or cyclic N) is 1. The number of hydrogen-bond acceptors (Lipinski definition) is 4. The number of allylic oxidation sites excluding steroid dienone is 4. The summed E-state index contributed by atoms with van der Waals surface area (Å²) in [7, 11) is -3.66. The minimum absolute atomic E-state index is 0.0379. The Morgan fingerprint density at radius 2 is 2.00 bits per heavy atom. The third-order valence-corrected chi connectivity index (χ3v) is 6.82. The summed E-state index contributed by atoms with van der Waals surface area (Å²) in [6, 6.07) is 0. The molecule has 3 aliphatic rings. The molecule has 0 radical (unpaired) electrons. The summed E-state index contributed by atoms with van der Waals surface area (Å²) in [5.74, 6) is -3.52. The van der Waals surface area contributed by atoms with E-state index in [0.717, 1.165) is 6.08 Å². The number of rotatable bonds is 4. The van der Waals surface area contributed by atoms with Crippen LogP contribution in [0.25, 0.3) is 0 Å². The molecule has 1 saturated heterocycles. The van der Waals surface area contributed by atoms with Gasteiger partial charge in [-0.15, -0.1) is 0 Å². The van der Waals surface area contributed by atoms with Crippen molar-refractivity contribution in [3.05, 3.63) is 35.1 Å². The van der Waals surface area contributed by atoms with Gasteiger partial charge in [-0.25, -0.2) is 21.6 Å². The highest BCUT2D eigenvalue weighted by Gasteiger charge is 2.40. The fourth-order valence-corrected chi connectivity index (χ4v) is 5.09. The summed E-state index contributed by atoms with van der Waals surface area (Å²) < 4.78 is 65.8. The summed E-state index contributed by atoms with van der Waals surface area (Å²) in [6.45, 7) is 0.0757. The number of alkyl halides is 1. The van der Waals surface area contributed by atoms with Gasteiger partial charge in [0.05, 0.1) is 11.4 Å². The Morgan fingerprint density at radius 3 is 2.62 bits per heavy atom. The smallest absolute Gasteiger partial charge is 0.251 e. The van der Waals surface area contributed by atoms with Crippen LogP contribution in [0.4, 0.5) is 13.2 Å². The normalized spacial score (nSPS) is 28.3. The maximum absolute atomic E-state index is 13.4. The molecule has 1 amide bonds. The van der Waals surface area contributed by atoms with Crippen molar-refractivity contribution in [2.75, 3.05) is 13.1 Å². The third kappa shape index (κ3) is 3.72. The lowest BCUT2D eigenvalue weighted by Crippen LogP contribution is -2.55. The van der Waals surface area contributed by atoms with E-state index in [1.54, 1.807) is 0 Å². The molecular weight excluding hydrogens is 373 g/mol. The lowest BCUT2D eigenvalue weighted by molar-refractivity contribution is -0.117. The van der Waals surface area contributed by atoms with E-state index in [9.17, 15) is 31.5 Å². The SMILES string of the molecule is O=C(NC1=CC(F)=C(F)C(F)C1)C1=CC(S(=O)(=O)N2CC(O)C2)CCC1. The topological polar surface area (TPSA) is 86.7 Å². The van der Waals surface area contributed by atoms with Crippen LogP contribution >= 0.6 is 0 Å². The fourth-order valence-electron chi connectivity index (χ4n) is 3.15. The van der Waals surface area contributed by atoms with E-state index in [0.29, 0.717) is 19.3 Å². The Bertz CT molecular complexity index is 800. The van der Waals surface area contributed by atoms with E-state index in [2.05, 4.69) is 5.32 Å². The molecule has 2 N–H and O–H groups in total. The van der Waals surface area contributed by atoms with E-state index in [4.69, 9.17) is 0 Å². The molecular formula is C16H19F3N2O4S. The molecule has 2 atom stereocenters. The minimum atomic E-state index is -3.66. The van der Waals surface area contributed by atoms with Crippen LogP contribution in [0.5, 0.6) is 0 Å². The largest absolute Gasteiger partial charge is 0.390 e. The Labute approximate surface area is 149 Å². The fraction of sp³-hybridized carbons (Fsp3) is 0.562. The summed E-state index contributed by atoms with van der Waals surface area (Å²) in [6.07, 6.45) is -0.0938. The van der Waals surface area contributed by atoms with Crippen LogP contribution in [0.2, 0.25) is 0 Å². The number of halogens is 3. The number of carbonyl (C=O) groups is 1. The number of sulfonamides is 1. The number of aliphatic hydroxyl groups is 1. The number of hydrogen-bond donors (Lipinski definition) is 2. The van der Waals surface area contributed by atoms with Gasteiger partial charge >= 0.3 is 0 Å². The van der Waals surface area contributed by atoms with Crippen LogP contribution in [0, 0.1) is 0 Å². The molecule has 0 saturated carbocycles. The summed E-state index contributed by atoms with van der Waals surface area (Å²) in [5, 5.41) is 10.7. The zero-order valence-electron chi connectivity index (χ0n) is 13.8. The highest BCUT2D eigenvalue weighted by Crippen LogP contribution is 2.30. The maximum Gasteiger partial charge on any atom is 0.251 e. The molecule has 2 unspecified atom stereocenters. The number of aliphatic hydroxyl groups excluding tert-OH is 1. The van der Waals surface area contributed by atoms with Gasteiger partial charge < -0.3 is 10.4 Å². The van der Waals surface area contributed by atoms with Crippen LogP contribution in [-0.4, -0.2) is 54.4 Å². The molecule has 1 heterocycles. The van der Waals surface area contributed by atoms with Gasteiger partial charge in [-0.2, -0.15) is 4.31 Å². The van der Waals surface area contributed by atoms with Gasteiger partial charge in [0.25, 0.3) is 5.91 Å². The molecule has 0 spiro atoms. The number of nitrogens with one attached hydrogen (secondary N) is 1. The second-order valence-corrected chi connectivity index (χ2v) is 8.78. The molecule has 6 nitrogen and oxygen atoms in total. The van der Waals surface area contributed by atoms with Gasteiger partial charge in [0.1, 0.15) is 0 Å². The summed E-state index contributed by atoms with van der Waals surface area (Å²) in [4.78, 5) is 12.3. The highest BCUT2D eigenvalue weighted by molar-refractivity contribution is 7.90. The minimum Gasteiger partial charge on any atom is -0.390 e. The first kappa shape index (κ1) is 19.1. The first-order valence-corrected chi connectivity index (χ1v) is 9.77. The van der Waals surface area contributed by atoms with E-state index in [-0.39, 0.29) is 24.4 Å². The molecule has 0 aromatic rings. The molecule has 1 aliphatic heterocycles. The first-order valence-electron chi connectivity index (χ1n) is 8.27. The molecule has 2 aliphatic carbocycles. The zero-order chi connectivity index (χ0) is 19.1. The van der Waals surface area contributed by atoms with Crippen molar-refractivity contribution in [2.24, 2.45) is 0 Å². The van der Waals surface area contributed by atoms with Gasteiger partial charge in [0, 0.05) is 30.8 Å². The van der Waals surface area contributed by atoms with Gasteiger partial charge in [-0.1, -0.05) is 6.08 Å². The van der Waals surface area contributed by atoms with Crippen molar-refractivity contribution in [3.8, 4) is 0 Å². The lowest BCUT2D eigenvalue weighted by Gasteiger charge is -2.37. The van der Waals surface area contributed by atoms with E-state index in [1.165, 1.54) is 10.4 Å². The maximum atomic E-state index is 13.4. The quantitative estimate of drug-likeness (QED) is 0.757. The van der Waals surface area contributed by atoms with Crippen molar-refractivity contribution < 1.29 is 31.5 Å². The molecule has 26 heavy (non-hydrogen) atoms. The Hall–Kier alpha value is -1.65. The average molecular weight is 392 g/mol. The van der Waals surface area contributed by atoms with E-state index >= 15 is 0 Å². The lowest BCUT2D eigenvalue weighted by atomic mass is 9.98. The second kappa shape index (κ2) is 7.16. The molecule has 1 fully saturated rings. The molecule has 0 aromatic heterocycles. The van der Waals surface area contributed by atoms with Crippen LogP contribution in [0.1, 0.15) is 25.7 Å². The van der Waals surface area contributed by atoms with Crippen LogP contribution in [0.15, 0.2) is 35.1 Å². The van der Waals surface area contributed by atoms with Crippen molar-refractivity contribution in [2.45, 2.75) is 43.2 Å². The van der Waals surface area contributed by atoms with Crippen molar-refractivity contribution in [1.82, 2.24) is 9.62 Å². The van der Waals surface area contributed by atoms with Gasteiger partial charge in [0.2, 0.25) is 10.0 Å². The van der Waals surface area contributed by atoms with E-state index < -0.39 is 51.5 Å². The molecule has 10 heteroatoms. The highest BCUT2D eigenvalue weighted by atomic mass is 32.2. The molecule has 3 rings (SSSR count).